The molecule has 0 bridgehead atoms. The minimum absolute atomic E-state index is 0.174. The van der Waals surface area contributed by atoms with E-state index in [9.17, 15) is 13.6 Å². The van der Waals surface area contributed by atoms with Crippen molar-refractivity contribution in [3.05, 3.63) is 89.6 Å². The molecule has 1 aliphatic heterocycles. The molecule has 3 aromatic rings. The number of hydrogen-bond acceptors (Lipinski definition) is 4. The standard InChI is InChI=1S/C23H22F2N4O/c24-19-7-6-18(21(25)14-19)16-28-10-12-29(13-11-28)22-9-8-20(15-26-22)27-23(30)17-4-2-1-3-5-17/h1-9,14-15H,10-13,16H2,(H,27,30). The van der Waals surface area contributed by atoms with Crippen LogP contribution in [0.4, 0.5) is 20.3 Å². The lowest BCUT2D eigenvalue weighted by atomic mass is 10.1. The second-order valence-corrected chi connectivity index (χ2v) is 7.22. The number of benzene rings is 2. The zero-order chi connectivity index (χ0) is 20.9. The van der Waals surface area contributed by atoms with Crippen molar-refractivity contribution in [2.24, 2.45) is 0 Å². The predicted octanol–water partition coefficient (Wildman–Crippen LogP) is 3.93. The zero-order valence-corrected chi connectivity index (χ0v) is 16.4. The van der Waals surface area contributed by atoms with Crippen LogP contribution < -0.4 is 10.2 Å². The number of amides is 1. The van der Waals surface area contributed by atoms with Gasteiger partial charge in [0.25, 0.3) is 5.91 Å². The van der Waals surface area contributed by atoms with Crippen LogP contribution in [0, 0.1) is 11.6 Å². The first kappa shape index (κ1) is 20.0. The fourth-order valence-electron chi connectivity index (χ4n) is 3.47. The summed E-state index contributed by atoms with van der Waals surface area (Å²) in [6.45, 7) is 3.48. The molecule has 2 aromatic carbocycles. The van der Waals surface area contributed by atoms with E-state index in [0.717, 1.165) is 38.1 Å². The smallest absolute Gasteiger partial charge is 0.255 e. The molecule has 1 aromatic heterocycles. The Morgan fingerprint density at radius 2 is 1.73 bits per heavy atom. The van der Waals surface area contributed by atoms with Crippen molar-refractivity contribution in [3.8, 4) is 0 Å². The lowest BCUT2D eigenvalue weighted by Crippen LogP contribution is -2.46. The number of carbonyl (C=O) groups is 1. The molecule has 0 saturated carbocycles. The summed E-state index contributed by atoms with van der Waals surface area (Å²) < 4.78 is 26.9. The second kappa shape index (κ2) is 9.00. The van der Waals surface area contributed by atoms with Crippen LogP contribution in [0.3, 0.4) is 0 Å². The fraction of sp³-hybridized carbons (Fsp3) is 0.217. The Balaban J connectivity index is 1.31. The molecule has 1 fully saturated rings. The van der Waals surface area contributed by atoms with Gasteiger partial charge in [-0.2, -0.15) is 0 Å². The molecule has 1 N–H and O–H groups in total. The summed E-state index contributed by atoms with van der Waals surface area (Å²) in [7, 11) is 0. The van der Waals surface area contributed by atoms with Crippen LogP contribution in [0.2, 0.25) is 0 Å². The van der Waals surface area contributed by atoms with Crippen molar-refractivity contribution < 1.29 is 13.6 Å². The van der Waals surface area contributed by atoms with Crippen LogP contribution in [-0.2, 0) is 6.54 Å². The lowest BCUT2D eigenvalue weighted by Gasteiger charge is -2.35. The fourth-order valence-corrected chi connectivity index (χ4v) is 3.47. The first-order valence-corrected chi connectivity index (χ1v) is 9.82. The summed E-state index contributed by atoms with van der Waals surface area (Å²) in [6, 6.07) is 16.5. The van der Waals surface area contributed by atoms with Gasteiger partial charge in [0.1, 0.15) is 17.5 Å². The molecule has 1 saturated heterocycles. The number of aromatic nitrogens is 1. The molecule has 154 valence electrons. The van der Waals surface area contributed by atoms with Gasteiger partial charge in [-0.15, -0.1) is 0 Å². The Morgan fingerprint density at radius 3 is 2.40 bits per heavy atom. The zero-order valence-electron chi connectivity index (χ0n) is 16.4. The molecule has 7 heteroatoms. The number of halogens is 2. The van der Waals surface area contributed by atoms with Crippen molar-refractivity contribution in [1.82, 2.24) is 9.88 Å². The largest absolute Gasteiger partial charge is 0.354 e. The van der Waals surface area contributed by atoms with E-state index in [4.69, 9.17) is 0 Å². The summed E-state index contributed by atoms with van der Waals surface area (Å²) in [6.07, 6.45) is 1.65. The Hall–Kier alpha value is -3.32. The van der Waals surface area contributed by atoms with Crippen LogP contribution in [0.1, 0.15) is 15.9 Å². The Kier molecular flexibility index (Phi) is 5.99. The van der Waals surface area contributed by atoms with E-state index in [1.165, 1.54) is 12.1 Å². The molecule has 0 aliphatic carbocycles. The van der Waals surface area contributed by atoms with Gasteiger partial charge >= 0.3 is 0 Å². The summed E-state index contributed by atoms with van der Waals surface area (Å²) in [5.74, 6) is -0.408. The molecule has 0 unspecified atom stereocenters. The molecule has 4 rings (SSSR count). The van der Waals surface area contributed by atoms with Crippen LogP contribution in [0.5, 0.6) is 0 Å². The summed E-state index contributed by atoms with van der Waals surface area (Å²) in [5, 5.41) is 2.84. The quantitative estimate of drug-likeness (QED) is 0.695. The van der Waals surface area contributed by atoms with E-state index in [2.05, 4.69) is 20.1 Å². The van der Waals surface area contributed by atoms with Gasteiger partial charge in [0.15, 0.2) is 0 Å². The molecule has 0 radical (unpaired) electrons. The number of carbonyl (C=O) groups excluding carboxylic acids is 1. The van der Waals surface area contributed by atoms with E-state index in [0.29, 0.717) is 23.4 Å². The average Bonchev–Trinajstić information content (AvgIpc) is 2.77. The Labute approximate surface area is 174 Å². The highest BCUT2D eigenvalue weighted by atomic mass is 19.1. The molecular weight excluding hydrogens is 386 g/mol. The van der Waals surface area contributed by atoms with Gasteiger partial charge in [-0.25, -0.2) is 13.8 Å². The molecule has 2 heterocycles. The van der Waals surface area contributed by atoms with Gasteiger partial charge < -0.3 is 10.2 Å². The van der Waals surface area contributed by atoms with Crippen LogP contribution in [0.15, 0.2) is 66.9 Å². The maximum atomic E-state index is 13.9. The van der Waals surface area contributed by atoms with Gasteiger partial charge in [-0.05, 0) is 30.3 Å². The molecule has 30 heavy (non-hydrogen) atoms. The number of nitrogens with zero attached hydrogens (tertiary/aromatic N) is 3. The highest BCUT2D eigenvalue weighted by Gasteiger charge is 2.19. The van der Waals surface area contributed by atoms with Crippen molar-refractivity contribution in [3.63, 3.8) is 0 Å². The number of hydrogen-bond donors (Lipinski definition) is 1. The maximum absolute atomic E-state index is 13.9. The first-order chi connectivity index (χ1) is 14.6. The van der Waals surface area contributed by atoms with Crippen molar-refractivity contribution in [1.29, 1.82) is 0 Å². The van der Waals surface area contributed by atoms with Gasteiger partial charge in [-0.3, -0.25) is 9.69 Å². The summed E-state index contributed by atoms with van der Waals surface area (Å²) >= 11 is 0. The van der Waals surface area contributed by atoms with Crippen molar-refractivity contribution in [2.45, 2.75) is 6.54 Å². The lowest BCUT2D eigenvalue weighted by molar-refractivity contribution is 0.102. The summed E-state index contributed by atoms with van der Waals surface area (Å²) in [5.41, 5.74) is 1.73. The van der Waals surface area contributed by atoms with E-state index >= 15 is 0 Å². The van der Waals surface area contributed by atoms with E-state index in [1.54, 1.807) is 18.3 Å². The topological polar surface area (TPSA) is 48.5 Å². The van der Waals surface area contributed by atoms with Gasteiger partial charge in [0.2, 0.25) is 0 Å². The normalized spacial score (nSPS) is 14.5. The number of rotatable bonds is 5. The predicted molar refractivity (Wildman–Crippen MR) is 112 cm³/mol. The molecule has 0 atom stereocenters. The minimum atomic E-state index is -0.560. The van der Waals surface area contributed by atoms with Crippen LogP contribution in [-0.4, -0.2) is 42.0 Å². The number of pyridine rings is 1. The summed E-state index contributed by atoms with van der Waals surface area (Å²) in [4.78, 5) is 21.0. The third-order valence-electron chi connectivity index (χ3n) is 5.15. The minimum Gasteiger partial charge on any atom is -0.354 e. The third-order valence-corrected chi connectivity index (χ3v) is 5.15. The van der Waals surface area contributed by atoms with Crippen LogP contribution >= 0.6 is 0 Å². The van der Waals surface area contributed by atoms with Crippen LogP contribution in [0.25, 0.3) is 0 Å². The highest BCUT2D eigenvalue weighted by Crippen LogP contribution is 2.19. The number of piperazine rings is 1. The van der Waals surface area contributed by atoms with Crippen molar-refractivity contribution >= 4 is 17.4 Å². The SMILES string of the molecule is O=C(Nc1ccc(N2CCN(Cc3ccc(F)cc3F)CC2)nc1)c1ccccc1. The average molecular weight is 408 g/mol. The Morgan fingerprint density at radius 1 is 0.967 bits per heavy atom. The molecule has 0 spiro atoms. The van der Waals surface area contributed by atoms with Gasteiger partial charge in [0.05, 0.1) is 11.9 Å². The van der Waals surface area contributed by atoms with E-state index in [-0.39, 0.29) is 5.91 Å². The molecule has 5 nitrogen and oxygen atoms in total. The molecule has 1 aliphatic rings. The third kappa shape index (κ3) is 4.80. The van der Waals surface area contributed by atoms with Gasteiger partial charge in [-0.1, -0.05) is 24.3 Å². The first-order valence-electron chi connectivity index (χ1n) is 9.82. The number of anilines is 2. The highest BCUT2D eigenvalue weighted by molar-refractivity contribution is 6.04. The van der Waals surface area contributed by atoms with Crippen molar-refractivity contribution in [2.75, 3.05) is 36.4 Å². The number of nitrogens with one attached hydrogen (secondary N) is 1. The van der Waals surface area contributed by atoms with E-state index < -0.39 is 11.6 Å². The van der Waals surface area contributed by atoms with E-state index in [1.807, 2.05) is 30.3 Å². The second-order valence-electron chi connectivity index (χ2n) is 7.22. The monoisotopic (exact) mass is 408 g/mol. The molecule has 1 amide bonds. The Bertz CT molecular complexity index is 1000. The molecular formula is C23H22F2N4O. The maximum Gasteiger partial charge on any atom is 0.255 e. The van der Waals surface area contributed by atoms with Gasteiger partial charge in [0, 0.05) is 49.9 Å².